The molecule has 1 aromatic heterocycles. The zero-order chi connectivity index (χ0) is 19.3. The van der Waals surface area contributed by atoms with E-state index in [-0.39, 0.29) is 17.9 Å². The average molecular weight is 411 g/mol. The van der Waals surface area contributed by atoms with Gasteiger partial charge in [-0.25, -0.2) is 9.96 Å². The number of halogens is 1. The van der Waals surface area contributed by atoms with E-state index in [1.165, 1.54) is 4.90 Å². The predicted molar refractivity (Wildman–Crippen MR) is 108 cm³/mol. The number of hydroxylamine groups is 1. The van der Waals surface area contributed by atoms with Crippen LogP contribution in [0, 0.1) is 5.92 Å². The molecule has 3 heterocycles. The molecule has 2 aromatic carbocycles. The SMILES string of the molecule is O=C1[C@H]2[C@@H](c3cccs3)N(c3ccc(Cl)cc3)O[C@H]2C(=O)N1c1ccccc1. The predicted octanol–water partition coefficient (Wildman–Crippen LogP) is 4.45. The van der Waals surface area contributed by atoms with E-state index in [0.29, 0.717) is 10.7 Å². The Kier molecular flexibility index (Phi) is 4.19. The molecule has 0 saturated carbocycles. The molecule has 0 unspecified atom stereocenters. The number of nitrogens with zero attached hydrogens (tertiary/aromatic N) is 2. The van der Waals surface area contributed by atoms with Gasteiger partial charge in [0.05, 0.1) is 11.4 Å². The number of hydrogen-bond donors (Lipinski definition) is 0. The van der Waals surface area contributed by atoms with Crippen LogP contribution in [0.1, 0.15) is 10.9 Å². The molecule has 3 aromatic rings. The lowest BCUT2D eigenvalue weighted by Crippen LogP contribution is -2.37. The Morgan fingerprint density at radius 1 is 0.857 bits per heavy atom. The molecule has 28 heavy (non-hydrogen) atoms. The fourth-order valence-corrected chi connectivity index (χ4v) is 4.79. The van der Waals surface area contributed by atoms with Crippen molar-refractivity contribution in [1.82, 2.24) is 0 Å². The van der Waals surface area contributed by atoms with Crippen LogP contribution in [0.3, 0.4) is 0 Å². The highest BCUT2D eigenvalue weighted by Crippen LogP contribution is 2.48. The fraction of sp³-hybridized carbons (Fsp3) is 0.143. The second-order valence-electron chi connectivity index (χ2n) is 6.66. The molecule has 7 heteroatoms. The van der Waals surface area contributed by atoms with Crippen molar-refractivity contribution in [2.75, 3.05) is 9.96 Å². The molecule has 2 fully saturated rings. The van der Waals surface area contributed by atoms with Crippen molar-refractivity contribution in [2.24, 2.45) is 5.92 Å². The molecule has 0 aliphatic carbocycles. The zero-order valence-electron chi connectivity index (χ0n) is 14.6. The van der Waals surface area contributed by atoms with Crippen LogP contribution in [-0.2, 0) is 14.4 Å². The maximum Gasteiger partial charge on any atom is 0.266 e. The van der Waals surface area contributed by atoms with Gasteiger partial charge >= 0.3 is 0 Å². The molecule has 2 saturated heterocycles. The van der Waals surface area contributed by atoms with Gasteiger partial charge in [-0.3, -0.25) is 14.4 Å². The van der Waals surface area contributed by atoms with E-state index in [1.807, 2.05) is 47.8 Å². The summed E-state index contributed by atoms with van der Waals surface area (Å²) in [5, 5.41) is 4.24. The van der Waals surface area contributed by atoms with Gasteiger partial charge in [0.1, 0.15) is 12.0 Å². The zero-order valence-corrected chi connectivity index (χ0v) is 16.1. The Morgan fingerprint density at radius 2 is 1.61 bits per heavy atom. The van der Waals surface area contributed by atoms with Crippen LogP contribution in [0.2, 0.25) is 5.02 Å². The van der Waals surface area contributed by atoms with E-state index in [9.17, 15) is 9.59 Å². The van der Waals surface area contributed by atoms with E-state index >= 15 is 0 Å². The highest BCUT2D eigenvalue weighted by Gasteiger charge is 2.60. The number of amides is 2. The molecule has 0 radical (unpaired) electrons. The molecule has 5 nitrogen and oxygen atoms in total. The Labute approximate surface area is 170 Å². The van der Waals surface area contributed by atoms with E-state index in [2.05, 4.69) is 0 Å². The van der Waals surface area contributed by atoms with Gasteiger partial charge in [0, 0.05) is 9.90 Å². The summed E-state index contributed by atoms with van der Waals surface area (Å²) >= 11 is 7.55. The number of hydrogen-bond acceptors (Lipinski definition) is 5. The van der Waals surface area contributed by atoms with E-state index in [1.54, 1.807) is 40.7 Å². The van der Waals surface area contributed by atoms with Crippen molar-refractivity contribution < 1.29 is 14.4 Å². The van der Waals surface area contributed by atoms with Crippen molar-refractivity contribution in [1.29, 1.82) is 0 Å². The minimum absolute atomic E-state index is 0.240. The van der Waals surface area contributed by atoms with Crippen LogP contribution in [-0.4, -0.2) is 17.9 Å². The van der Waals surface area contributed by atoms with Crippen LogP contribution in [0.15, 0.2) is 72.1 Å². The fourth-order valence-electron chi connectivity index (χ4n) is 3.81. The lowest BCUT2D eigenvalue weighted by molar-refractivity contribution is -0.126. The summed E-state index contributed by atoms with van der Waals surface area (Å²) in [5.41, 5.74) is 1.32. The molecule has 2 amide bonds. The lowest BCUT2D eigenvalue weighted by atomic mass is 9.95. The number of anilines is 2. The Bertz CT molecular complexity index is 1020. The number of benzene rings is 2. The largest absolute Gasteiger partial charge is 0.273 e. The molecular formula is C21H15ClN2O3S. The lowest BCUT2D eigenvalue weighted by Gasteiger charge is -2.27. The highest BCUT2D eigenvalue weighted by atomic mass is 35.5. The van der Waals surface area contributed by atoms with E-state index in [0.717, 1.165) is 10.6 Å². The quantitative estimate of drug-likeness (QED) is 0.598. The van der Waals surface area contributed by atoms with Crippen molar-refractivity contribution >= 4 is 46.1 Å². The molecule has 0 bridgehead atoms. The van der Waals surface area contributed by atoms with Gasteiger partial charge in [0.2, 0.25) is 5.91 Å². The Balaban J connectivity index is 1.57. The summed E-state index contributed by atoms with van der Waals surface area (Å²) in [5.74, 6) is -1.18. The summed E-state index contributed by atoms with van der Waals surface area (Å²) in [6, 6.07) is 19.7. The van der Waals surface area contributed by atoms with Crippen molar-refractivity contribution in [3.8, 4) is 0 Å². The first-order valence-electron chi connectivity index (χ1n) is 8.83. The Morgan fingerprint density at radius 3 is 2.29 bits per heavy atom. The normalized spacial score (nSPS) is 24.1. The van der Waals surface area contributed by atoms with Gasteiger partial charge in [0.15, 0.2) is 6.10 Å². The first-order chi connectivity index (χ1) is 13.6. The van der Waals surface area contributed by atoms with Crippen molar-refractivity contribution in [3.63, 3.8) is 0 Å². The second-order valence-corrected chi connectivity index (χ2v) is 8.08. The van der Waals surface area contributed by atoms with Crippen molar-refractivity contribution in [2.45, 2.75) is 12.1 Å². The van der Waals surface area contributed by atoms with Gasteiger partial charge in [-0.15, -0.1) is 11.3 Å². The number of fused-ring (bicyclic) bond motifs is 1. The van der Waals surface area contributed by atoms with E-state index in [4.69, 9.17) is 16.4 Å². The molecular weight excluding hydrogens is 396 g/mol. The minimum Gasteiger partial charge on any atom is -0.273 e. The molecule has 2 aliphatic rings. The summed E-state index contributed by atoms with van der Waals surface area (Å²) in [7, 11) is 0. The standard InChI is InChI=1S/C21H15ClN2O3S/c22-13-8-10-15(11-9-13)24-18(16-7-4-12-28-16)17-19(27-24)21(26)23(20(17)25)14-5-2-1-3-6-14/h1-12,17-19H/t17-,18+,19+/m0/s1. The number of rotatable bonds is 3. The smallest absolute Gasteiger partial charge is 0.266 e. The third kappa shape index (κ3) is 2.64. The average Bonchev–Trinajstić information content (AvgIpc) is 3.41. The third-order valence-corrected chi connectivity index (χ3v) is 6.24. The van der Waals surface area contributed by atoms with E-state index < -0.39 is 12.0 Å². The molecule has 0 N–H and O–H groups in total. The maximum absolute atomic E-state index is 13.3. The van der Waals surface area contributed by atoms with Crippen LogP contribution in [0.4, 0.5) is 11.4 Å². The summed E-state index contributed by atoms with van der Waals surface area (Å²) in [6.07, 6.45) is -0.851. The Hall–Kier alpha value is -2.67. The first-order valence-corrected chi connectivity index (χ1v) is 10.1. The second kappa shape index (κ2) is 6.74. The summed E-state index contributed by atoms with van der Waals surface area (Å²) in [6.45, 7) is 0. The molecule has 3 atom stereocenters. The highest BCUT2D eigenvalue weighted by molar-refractivity contribution is 7.10. The van der Waals surface area contributed by atoms with Crippen LogP contribution in [0.5, 0.6) is 0 Å². The summed E-state index contributed by atoms with van der Waals surface area (Å²) < 4.78 is 0. The topological polar surface area (TPSA) is 49.9 Å². The minimum atomic E-state index is -0.851. The van der Waals surface area contributed by atoms with Gasteiger partial charge in [-0.1, -0.05) is 35.9 Å². The number of imide groups is 1. The van der Waals surface area contributed by atoms with Crippen LogP contribution >= 0.6 is 22.9 Å². The van der Waals surface area contributed by atoms with Gasteiger partial charge < -0.3 is 0 Å². The first kappa shape index (κ1) is 17.4. The van der Waals surface area contributed by atoms with Gasteiger partial charge in [0.25, 0.3) is 5.91 Å². The van der Waals surface area contributed by atoms with Crippen LogP contribution < -0.4 is 9.96 Å². The summed E-state index contributed by atoms with van der Waals surface area (Å²) in [4.78, 5) is 34.7. The van der Waals surface area contributed by atoms with Crippen molar-refractivity contribution in [3.05, 3.63) is 82.0 Å². The molecule has 140 valence electrons. The molecule has 2 aliphatic heterocycles. The number of carbonyl (C=O) groups is 2. The monoisotopic (exact) mass is 410 g/mol. The number of carbonyl (C=O) groups excluding carboxylic acids is 2. The number of para-hydroxylation sites is 1. The molecule has 0 spiro atoms. The van der Waals surface area contributed by atoms with Gasteiger partial charge in [-0.05, 0) is 47.8 Å². The third-order valence-electron chi connectivity index (χ3n) is 5.05. The van der Waals surface area contributed by atoms with Crippen LogP contribution in [0.25, 0.3) is 0 Å². The van der Waals surface area contributed by atoms with Gasteiger partial charge in [-0.2, -0.15) is 0 Å². The molecule has 5 rings (SSSR count). The maximum atomic E-state index is 13.3. The number of thiophene rings is 1.